The molecule has 62 heavy (non-hydrogen) atoms. The minimum absolute atomic E-state index is 0.190. The van der Waals surface area contributed by atoms with Crippen LogP contribution in [0.5, 0.6) is 0 Å². The van der Waals surface area contributed by atoms with Gasteiger partial charge in [0.15, 0.2) is 0 Å². The Morgan fingerprint density at radius 2 is 1.00 bits per heavy atom. The lowest BCUT2D eigenvalue weighted by atomic mass is 9.83. The van der Waals surface area contributed by atoms with Gasteiger partial charge in [-0.3, -0.25) is 19.2 Å². The molecule has 0 unspecified atom stereocenters. The van der Waals surface area contributed by atoms with E-state index in [2.05, 4.69) is 45.5 Å². The molecular weight excluding hydrogens is 809 g/mol. The number of alkyl carbamates (subject to hydrolysis) is 2. The summed E-state index contributed by atoms with van der Waals surface area (Å²) in [6.07, 6.45) is 8.09. The summed E-state index contributed by atoms with van der Waals surface area (Å²) in [5, 5.41) is 11.3. The van der Waals surface area contributed by atoms with E-state index in [1.807, 2.05) is 52.0 Å². The minimum atomic E-state index is -0.802. The molecule has 0 radical (unpaired) electrons. The highest BCUT2D eigenvalue weighted by molar-refractivity contribution is 7.19. The van der Waals surface area contributed by atoms with Gasteiger partial charge in [-0.1, -0.05) is 64.8 Å². The van der Waals surface area contributed by atoms with Crippen LogP contribution in [0.3, 0.4) is 0 Å². The largest absolute Gasteiger partial charge is 0.453 e. The first-order valence-electron chi connectivity index (χ1n) is 22.0. The van der Waals surface area contributed by atoms with Gasteiger partial charge in [0.25, 0.3) is 0 Å². The van der Waals surface area contributed by atoms with Crippen LogP contribution in [0, 0.1) is 17.3 Å². The van der Waals surface area contributed by atoms with E-state index in [0.29, 0.717) is 50.1 Å². The fourth-order valence-electron chi connectivity index (χ4n) is 9.85. The third-order valence-electron chi connectivity index (χ3n) is 13.2. The number of methoxy groups -OCH3 is 2. The van der Waals surface area contributed by atoms with E-state index in [1.165, 1.54) is 60.8 Å². The molecule has 1 aromatic heterocycles. The Balaban J connectivity index is 1.05. The highest BCUT2D eigenvalue weighted by Gasteiger charge is 2.44. The maximum atomic E-state index is 13.6. The topological polar surface area (TPSA) is 175 Å². The van der Waals surface area contributed by atoms with E-state index in [-0.39, 0.29) is 40.9 Å². The summed E-state index contributed by atoms with van der Waals surface area (Å²) in [6.45, 7) is 8.26. The summed E-state index contributed by atoms with van der Waals surface area (Å²) >= 11 is 1.78. The van der Waals surface area contributed by atoms with Crippen LogP contribution < -0.4 is 21.3 Å². The summed E-state index contributed by atoms with van der Waals surface area (Å²) in [5.74, 6) is -1.48. The van der Waals surface area contributed by atoms with Gasteiger partial charge in [0.2, 0.25) is 23.6 Å². The molecule has 1 saturated carbocycles. The standard InChI is InChI=1S/C47H60N6O8S/c1-27(2)37(50-45(58)60-5)43(56)52-23-9-11-35(52)41(54)48-31-17-13-29(14-18-31)39-33-25-47(21-7-8-22-47)26-34(33)40(62-39)30-15-19-32(20-16-30)49-42(55)36-12-10-24-53(36)44(57)38(28(3)4)51-46(59)61-6/h13-20,27-28,35-38H,7-12,21-26H2,1-6H3,(H,48,54)(H,49,55)(H,50,58)(H,51,59)/t35-,36-,37-,38-/m0/s1. The van der Waals surface area contributed by atoms with Crippen molar-refractivity contribution < 1.29 is 38.2 Å². The zero-order chi connectivity index (χ0) is 44.3. The molecule has 1 spiro atoms. The van der Waals surface area contributed by atoms with Crippen LogP contribution in [0.1, 0.15) is 90.2 Å². The lowest BCUT2D eigenvalue weighted by Crippen LogP contribution is -2.54. The van der Waals surface area contributed by atoms with Gasteiger partial charge in [0, 0.05) is 34.2 Å². The third kappa shape index (κ3) is 9.32. The second-order valence-corrected chi connectivity index (χ2v) is 19.0. The van der Waals surface area contributed by atoms with E-state index in [4.69, 9.17) is 9.47 Å². The van der Waals surface area contributed by atoms with E-state index in [0.717, 1.165) is 24.0 Å². The monoisotopic (exact) mass is 868 g/mol. The predicted molar refractivity (Wildman–Crippen MR) is 239 cm³/mol. The van der Waals surface area contributed by atoms with Crippen molar-refractivity contribution >= 4 is 58.5 Å². The number of hydrogen-bond acceptors (Lipinski definition) is 9. The first kappa shape index (κ1) is 44.6. The molecule has 4 N–H and O–H groups in total. The molecule has 2 aliphatic heterocycles. The van der Waals surface area contributed by atoms with Gasteiger partial charge in [0.1, 0.15) is 24.2 Å². The van der Waals surface area contributed by atoms with E-state index >= 15 is 0 Å². The Bertz CT molecular complexity index is 2020. The molecule has 332 valence electrons. The molecule has 2 saturated heterocycles. The summed E-state index contributed by atoms with van der Waals surface area (Å²) in [6, 6.07) is 13.0. The van der Waals surface area contributed by atoms with Crippen LogP contribution in [0.2, 0.25) is 0 Å². The van der Waals surface area contributed by atoms with Crippen LogP contribution in [0.25, 0.3) is 20.9 Å². The fraction of sp³-hybridized carbons (Fsp3) is 0.532. The van der Waals surface area contributed by atoms with E-state index in [1.54, 1.807) is 21.1 Å². The quantitative estimate of drug-likeness (QED) is 0.146. The van der Waals surface area contributed by atoms with Crippen LogP contribution in [0.15, 0.2) is 48.5 Å². The van der Waals surface area contributed by atoms with Crippen molar-refractivity contribution in [3.63, 3.8) is 0 Å². The number of nitrogens with zero attached hydrogens (tertiary/aromatic N) is 2. The van der Waals surface area contributed by atoms with Gasteiger partial charge in [-0.2, -0.15) is 0 Å². The lowest BCUT2D eigenvalue weighted by molar-refractivity contribution is -0.139. The van der Waals surface area contributed by atoms with Gasteiger partial charge < -0.3 is 40.5 Å². The van der Waals surface area contributed by atoms with Crippen LogP contribution in [-0.2, 0) is 41.5 Å². The van der Waals surface area contributed by atoms with E-state index in [9.17, 15) is 28.8 Å². The highest BCUT2D eigenvalue weighted by Crippen LogP contribution is 2.56. The SMILES string of the molecule is COC(=O)N[C@H](C(=O)N1CCC[C@H]1C(=O)Nc1ccc(-c2sc(-c3ccc(NC(=O)[C@@H]4CCCN4C(=O)[C@@H](NC(=O)OC)C(C)C)cc3)c3c2CC2(CCCC2)C3)cc1)C(C)C. The van der Waals surface area contributed by atoms with Crippen molar-refractivity contribution in [3.8, 4) is 20.9 Å². The number of likely N-dealkylation sites (tertiary alicyclic amines) is 2. The molecule has 3 heterocycles. The smallest absolute Gasteiger partial charge is 0.407 e. The van der Waals surface area contributed by atoms with E-state index < -0.39 is 36.4 Å². The summed E-state index contributed by atoms with van der Waals surface area (Å²) in [5.41, 5.74) is 6.53. The molecule has 4 atom stereocenters. The van der Waals surface area contributed by atoms with Gasteiger partial charge in [-0.15, -0.1) is 11.3 Å². The Kier molecular flexibility index (Phi) is 13.6. The molecular formula is C47H60N6O8S. The number of benzene rings is 2. The summed E-state index contributed by atoms with van der Waals surface area (Å²) < 4.78 is 9.48. The average molecular weight is 869 g/mol. The number of amides is 6. The number of nitrogens with one attached hydrogen (secondary N) is 4. The van der Waals surface area contributed by atoms with Gasteiger partial charge >= 0.3 is 12.2 Å². The molecule has 2 aliphatic carbocycles. The molecule has 0 bridgehead atoms. The van der Waals surface area contributed by atoms with Crippen molar-refractivity contribution in [3.05, 3.63) is 59.7 Å². The van der Waals surface area contributed by atoms with Gasteiger partial charge in [-0.05, 0) is 115 Å². The maximum Gasteiger partial charge on any atom is 0.407 e. The minimum Gasteiger partial charge on any atom is -0.453 e. The first-order chi connectivity index (χ1) is 29.7. The second kappa shape index (κ2) is 18.9. The molecule has 4 aliphatic rings. The number of ether oxygens (including phenoxy) is 2. The van der Waals surface area contributed by atoms with Crippen LogP contribution in [0.4, 0.5) is 21.0 Å². The lowest BCUT2D eigenvalue weighted by Gasteiger charge is -2.30. The number of anilines is 2. The fourth-order valence-corrected chi connectivity index (χ4v) is 11.2. The van der Waals surface area contributed by atoms with Crippen molar-refractivity contribution in [1.82, 2.24) is 20.4 Å². The summed E-state index contributed by atoms with van der Waals surface area (Å²) in [4.78, 5) is 83.9. The Hall–Kier alpha value is -5.44. The van der Waals surface area contributed by atoms with Gasteiger partial charge in [-0.25, -0.2) is 9.59 Å². The number of hydrogen-bond donors (Lipinski definition) is 4. The molecule has 14 nitrogen and oxygen atoms in total. The predicted octanol–water partition coefficient (Wildman–Crippen LogP) is 7.36. The second-order valence-electron chi connectivity index (χ2n) is 18.0. The maximum absolute atomic E-state index is 13.6. The molecule has 7 rings (SSSR count). The number of carbonyl (C=O) groups excluding carboxylic acids is 6. The highest BCUT2D eigenvalue weighted by atomic mass is 32.1. The van der Waals surface area contributed by atoms with Gasteiger partial charge in [0.05, 0.1) is 14.2 Å². The number of fused-ring (bicyclic) bond motifs is 1. The number of rotatable bonds is 12. The van der Waals surface area contributed by atoms with Crippen LogP contribution in [-0.4, -0.2) is 97.1 Å². The zero-order valence-corrected chi connectivity index (χ0v) is 37.5. The van der Waals surface area contributed by atoms with Crippen molar-refractivity contribution in [1.29, 1.82) is 0 Å². The normalized spacial score (nSPS) is 19.9. The Morgan fingerprint density at radius 3 is 1.35 bits per heavy atom. The van der Waals surface area contributed by atoms with Crippen molar-refractivity contribution in [2.45, 2.75) is 116 Å². The Labute approximate surface area is 367 Å². The summed E-state index contributed by atoms with van der Waals surface area (Å²) in [7, 11) is 2.51. The van der Waals surface area contributed by atoms with Crippen molar-refractivity contribution in [2.24, 2.45) is 17.3 Å². The molecule has 2 aromatic carbocycles. The van der Waals surface area contributed by atoms with Crippen molar-refractivity contribution in [2.75, 3.05) is 37.9 Å². The Morgan fingerprint density at radius 1 is 0.613 bits per heavy atom. The first-order valence-corrected chi connectivity index (χ1v) is 22.8. The number of thiophene rings is 1. The number of carbonyl (C=O) groups is 6. The molecule has 15 heteroatoms. The zero-order valence-electron chi connectivity index (χ0n) is 36.6. The molecule has 3 aromatic rings. The molecule has 3 fully saturated rings. The molecule has 6 amide bonds. The average Bonchev–Trinajstić information content (AvgIpc) is 4.12. The third-order valence-corrected chi connectivity index (χ3v) is 14.5. The van der Waals surface area contributed by atoms with Crippen LogP contribution >= 0.6 is 11.3 Å².